The third-order valence-corrected chi connectivity index (χ3v) is 2.01. The van der Waals surface area contributed by atoms with Gasteiger partial charge >= 0.3 is 0 Å². The van der Waals surface area contributed by atoms with Crippen LogP contribution >= 0.6 is 0 Å². The number of hydrogen-bond acceptors (Lipinski definition) is 2. The first-order chi connectivity index (χ1) is 6.25. The molecule has 1 aromatic carbocycles. The highest BCUT2D eigenvalue weighted by Gasteiger charge is 2.34. The predicted octanol–water partition coefficient (Wildman–Crippen LogP) is 0.671. The van der Waals surface area contributed by atoms with Crippen molar-refractivity contribution in [3.8, 4) is 0 Å². The molecule has 4 heteroatoms. The number of amides is 2. The molecule has 0 spiro atoms. The van der Waals surface area contributed by atoms with E-state index in [9.17, 15) is 14.7 Å². The number of imide groups is 1. The number of carbonyl (C=O) groups is 2. The second kappa shape index (κ2) is 2.67. The quantitative estimate of drug-likeness (QED) is 0.590. The molecule has 65 valence electrons. The molecule has 1 radical (unpaired) electrons. The van der Waals surface area contributed by atoms with Crippen LogP contribution in [0.4, 0.5) is 0 Å². The summed E-state index contributed by atoms with van der Waals surface area (Å²) in [4.78, 5) is 23.4. The van der Waals surface area contributed by atoms with Gasteiger partial charge in [-0.15, -0.1) is 0 Å². The van der Waals surface area contributed by atoms with Gasteiger partial charge < -0.3 is 0 Å². The molecule has 2 amide bonds. The largest absolute Gasteiger partial charge is 0.268 e. The normalized spacial score (nSPS) is 15.0. The summed E-state index contributed by atoms with van der Waals surface area (Å²) in [6.45, 7) is -0.813. The van der Waals surface area contributed by atoms with Crippen LogP contribution in [0.3, 0.4) is 0 Å². The predicted molar refractivity (Wildman–Crippen MR) is 42.5 cm³/mol. The van der Waals surface area contributed by atoms with Gasteiger partial charge in [0.05, 0.1) is 11.1 Å². The van der Waals surface area contributed by atoms with Gasteiger partial charge in [-0.05, 0) is 12.1 Å². The maximum absolute atomic E-state index is 11.3. The van der Waals surface area contributed by atoms with Crippen LogP contribution in [-0.4, -0.2) is 23.4 Å². The molecule has 1 aromatic rings. The van der Waals surface area contributed by atoms with Crippen LogP contribution in [0.2, 0.25) is 0 Å². The average molecular weight is 176 g/mol. The minimum Gasteiger partial charge on any atom is -0.268 e. The molecule has 0 N–H and O–H groups in total. The molecule has 4 nitrogen and oxygen atoms in total. The van der Waals surface area contributed by atoms with Crippen LogP contribution in [0.5, 0.6) is 0 Å². The minimum absolute atomic E-state index is 0.323. The molecule has 1 heterocycles. The number of rotatable bonds is 1. The van der Waals surface area contributed by atoms with E-state index in [0.29, 0.717) is 16.0 Å². The average Bonchev–Trinajstić information content (AvgIpc) is 2.41. The summed E-state index contributed by atoms with van der Waals surface area (Å²) >= 11 is 0. The van der Waals surface area contributed by atoms with Crippen molar-refractivity contribution in [3.05, 3.63) is 35.4 Å². The zero-order valence-electron chi connectivity index (χ0n) is 6.69. The Balaban J connectivity index is 2.57. The van der Waals surface area contributed by atoms with Crippen LogP contribution in [0, 0.1) is 0 Å². The highest BCUT2D eigenvalue weighted by molar-refractivity contribution is 6.21. The van der Waals surface area contributed by atoms with Crippen molar-refractivity contribution < 1.29 is 14.7 Å². The van der Waals surface area contributed by atoms with E-state index in [0.717, 1.165) is 0 Å². The van der Waals surface area contributed by atoms with E-state index < -0.39 is 18.5 Å². The van der Waals surface area contributed by atoms with Crippen molar-refractivity contribution in [2.45, 2.75) is 0 Å². The van der Waals surface area contributed by atoms with Gasteiger partial charge in [-0.3, -0.25) is 9.59 Å². The first-order valence-electron chi connectivity index (χ1n) is 3.79. The van der Waals surface area contributed by atoms with Gasteiger partial charge in [0.25, 0.3) is 11.8 Å². The van der Waals surface area contributed by atoms with Crippen molar-refractivity contribution in [1.29, 1.82) is 0 Å². The van der Waals surface area contributed by atoms with Gasteiger partial charge in [0, 0.05) is 0 Å². The Bertz CT molecular complexity index is 351. The zero-order valence-corrected chi connectivity index (χ0v) is 6.69. The highest BCUT2D eigenvalue weighted by Crippen LogP contribution is 2.21. The van der Waals surface area contributed by atoms with Gasteiger partial charge in [0.2, 0.25) is 0 Å². The van der Waals surface area contributed by atoms with Crippen LogP contribution < -0.4 is 0 Å². The van der Waals surface area contributed by atoms with Gasteiger partial charge in [-0.2, -0.15) is 0 Å². The number of fused-ring (bicyclic) bond motifs is 1. The second-order valence-electron chi connectivity index (χ2n) is 2.71. The number of nitrogens with zero attached hydrogens (tertiary/aromatic N) is 1. The Morgan fingerprint density at radius 2 is 1.46 bits per heavy atom. The van der Waals surface area contributed by atoms with Crippen molar-refractivity contribution >= 4 is 11.8 Å². The Hall–Kier alpha value is -1.68. The fourth-order valence-corrected chi connectivity index (χ4v) is 1.36. The number of carbonyl (C=O) groups excluding carboxylic acids is 2. The molecule has 0 saturated heterocycles. The van der Waals surface area contributed by atoms with Crippen molar-refractivity contribution in [1.82, 2.24) is 4.90 Å². The SMILES string of the molecule is [O]CN1C(=O)c2ccccc2C1=O. The monoisotopic (exact) mass is 176 g/mol. The Kier molecular flexibility index (Phi) is 1.63. The highest BCUT2D eigenvalue weighted by atomic mass is 16.3. The van der Waals surface area contributed by atoms with Crippen LogP contribution in [0.25, 0.3) is 0 Å². The lowest BCUT2D eigenvalue weighted by Crippen LogP contribution is -2.29. The molecular weight excluding hydrogens is 170 g/mol. The van der Waals surface area contributed by atoms with Gasteiger partial charge in [-0.1, -0.05) is 12.1 Å². The van der Waals surface area contributed by atoms with E-state index in [1.807, 2.05) is 0 Å². The molecule has 0 bridgehead atoms. The lowest BCUT2D eigenvalue weighted by Gasteiger charge is -2.06. The van der Waals surface area contributed by atoms with Crippen molar-refractivity contribution in [3.63, 3.8) is 0 Å². The Labute approximate surface area is 74.4 Å². The van der Waals surface area contributed by atoms with Crippen molar-refractivity contribution in [2.24, 2.45) is 0 Å². The lowest BCUT2D eigenvalue weighted by molar-refractivity contribution is 0.0349. The first-order valence-corrected chi connectivity index (χ1v) is 3.79. The third-order valence-electron chi connectivity index (χ3n) is 2.01. The van der Waals surface area contributed by atoms with E-state index >= 15 is 0 Å². The van der Waals surface area contributed by atoms with Gasteiger partial charge in [-0.25, -0.2) is 10.0 Å². The summed E-state index contributed by atoms with van der Waals surface area (Å²) in [5.74, 6) is -0.980. The molecule has 0 aromatic heterocycles. The summed E-state index contributed by atoms with van der Waals surface area (Å²) in [6, 6.07) is 6.42. The summed E-state index contributed by atoms with van der Waals surface area (Å²) in [6.07, 6.45) is 0. The van der Waals surface area contributed by atoms with E-state index in [1.165, 1.54) is 0 Å². The molecule has 0 aliphatic carbocycles. The second-order valence-corrected chi connectivity index (χ2v) is 2.71. The van der Waals surface area contributed by atoms with Crippen LogP contribution in [0.15, 0.2) is 24.3 Å². The first kappa shape index (κ1) is 7.94. The third kappa shape index (κ3) is 0.957. The maximum Gasteiger partial charge on any atom is 0.263 e. The topological polar surface area (TPSA) is 57.3 Å². The summed E-state index contributed by atoms with van der Waals surface area (Å²) in [5.41, 5.74) is 0.645. The molecule has 0 unspecified atom stereocenters. The number of hydrogen-bond donors (Lipinski definition) is 0. The van der Waals surface area contributed by atoms with Crippen LogP contribution in [-0.2, 0) is 5.11 Å². The Morgan fingerprint density at radius 3 is 1.85 bits per heavy atom. The number of benzene rings is 1. The molecule has 0 saturated carbocycles. The molecule has 2 rings (SSSR count). The van der Waals surface area contributed by atoms with E-state index in [1.54, 1.807) is 24.3 Å². The lowest BCUT2D eigenvalue weighted by atomic mass is 10.1. The Morgan fingerprint density at radius 1 is 1.00 bits per heavy atom. The fourth-order valence-electron chi connectivity index (χ4n) is 1.36. The van der Waals surface area contributed by atoms with Gasteiger partial charge in [0.1, 0.15) is 0 Å². The molecule has 0 fully saturated rings. The molecule has 0 atom stereocenters. The molecule has 1 aliphatic heterocycles. The minimum atomic E-state index is -0.813. The molecule has 1 aliphatic rings. The molecular formula is C9H6NO3. The standard InChI is InChI=1S/C9H6NO3/c11-5-10-8(12)6-3-1-2-4-7(6)9(10)13/h1-4H,5H2. The zero-order chi connectivity index (χ0) is 9.42. The van der Waals surface area contributed by atoms with Crippen LogP contribution in [0.1, 0.15) is 20.7 Å². The van der Waals surface area contributed by atoms with E-state index in [4.69, 9.17) is 0 Å². The van der Waals surface area contributed by atoms with Gasteiger partial charge in [0.15, 0.2) is 6.73 Å². The maximum atomic E-state index is 11.3. The summed E-state index contributed by atoms with van der Waals surface area (Å²) in [5, 5.41) is 10.5. The smallest absolute Gasteiger partial charge is 0.263 e. The summed E-state index contributed by atoms with van der Waals surface area (Å²) in [7, 11) is 0. The van der Waals surface area contributed by atoms with E-state index in [2.05, 4.69) is 0 Å². The molecule has 13 heavy (non-hydrogen) atoms. The summed E-state index contributed by atoms with van der Waals surface area (Å²) < 4.78 is 0. The fraction of sp³-hybridized carbons (Fsp3) is 0.111. The van der Waals surface area contributed by atoms with E-state index in [-0.39, 0.29) is 0 Å². The van der Waals surface area contributed by atoms with Crippen molar-refractivity contribution in [2.75, 3.05) is 6.73 Å².